The van der Waals surface area contributed by atoms with Crippen LogP contribution in [-0.4, -0.2) is 46.0 Å². The Hall–Kier alpha value is -3.48. The summed E-state index contributed by atoms with van der Waals surface area (Å²) in [6.07, 6.45) is 0.536. The summed E-state index contributed by atoms with van der Waals surface area (Å²) in [6, 6.07) is 12.7. The second-order valence-corrected chi connectivity index (χ2v) is 8.29. The van der Waals surface area contributed by atoms with Crippen LogP contribution in [0.1, 0.15) is 18.7 Å². The summed E-state index contributed by atoms with van der Waals surface area (Å²) in [5.74, 6) is 1.24. The van der Waals surface area contributed by atoms with E-state index in [1.165, 1.54) is 0 Å². The maximum Gasteiger partial charge on any atom is 0.274 e. The maximum absolute atomic E-state index is 12.4. The predicted molar refractivity (Wildman–Crippen MR) is 121 cm³/mol. The SMILES string of the molecule is O=C(CN1N=C(c2nc(-c3ccc4c(c3)OCO4)no2)CCC1=O)Nc1ccc(I)cc1. The molecule has 0 radical (unpaired) electrons. The van der Waals surface area contributed by atoms with E-state index in [0.29, 0.717) is 40.7 Å². The molecular formula is C21H16IN5O5. The van der Waals surface area contributed by atoms with E-state index in [9.17, 15) is 9.59 Å². The van der Waals surface area contributed by atoms with E-state index >= 15 is 0 Å². The number of amides is 2. The zero-order valence-electron chi connectivity index (χ0n) is 16.6. The molecule has 10 nitrogen and oxygen atoms in total. The normalized spacial score (nSPS) is 15.0. The molecule has 0 atom stereocenters. The summed E-state index contributed by atoms with van der Waals surface area (Å²) in [5, 5.41) is 12.2. The molecule has 2 amide bonds. The molecule has 3 aromatic rings. The Morgan fingerprint density at radius 3 is 2.75 bits per heavy atom. The second kappa shape index (κ2) is 8.57. The van der Waals surface area contributed by atoms with Crippen molar-refractivity contribution in [3.05, 3.63) is 51.9 Å². The van der Waals surface area contributed by atoms with Gasteiger partial charge in [-0.2, -0.15) is 10.1 Å². The Morgan fingerprint density at radius 1 is 1.09 bits per heavy atom. The van der Waals surface area contributed by atoms with Crippen molar-refractivity contribution in [2.75, 3.05) is 18.7 Å². The van der Waals surface area contributed by atoms with Gasteiger partial charge in [0.15, 0.2) is 11.5 Å². The number of hydrogen-bond acceptors (Lipinski definition) is 8. The molecule has 0 fully saturated rings. The number of fused-ring (bicyclic) bond motifs is 1. The average Bonchev–Trinajstić information content (AvgIpc) is 3.46. The molecule has 0 bridgehead atoms. The average molecular weight is 545 g/mol. The topological polar surface area (TPSA) is 119 Å². The minimum Gasteiger partial charge on any atom is -0.454 e. The number of halogens is 1. The van der Waals surface area contributed by atoms with Gasteiger partial charge in [-0.05, 0) is 65.1 Å². The predicted octanol–water partition coefficient (Wildman–Crippen LogP) is 3.04. The number of hydrazone groups is 1. The largest absolute Gasteiger partial charge is 0.454 e. The molecule has 2 aliphatic heterocycles. The van der Waals surface area contributed by atoms with E-state index in [1.54, 1.807) is 30.3 Å². The highest BCUT2D eigenvalue weighted by atomic mass is 127. The van der Waals surface area contributed by atoms with E-state index in [0.717, 1.165) is 8.58 Å². The van der Waals surface area contributed by atoms with E-state index in [1.807, 2.05) is 12.1 Å². The molecule has 0 saturated carbocycles. The lowest BCUT2D eigenvalue weighted by Crippen LogP contribution is -2.38. The van der Waals surface area contributed by atoms with E-state index in [-0.39, 0.29) is 37.5 Å². The summed E-state index contributed by atoms with van der Waals surface area (Å²) in [4.78, 5) is 29.1. The Morgan fingerprint density at radius 2 is 1.91 bits per heavy atom. The van der Waals surface area contributed by atoms with Crippen LogP contribution in [0.25, 0.3) is 11.4 Å². The molecule has 5 rings (SSSR count). The minimum atomic E-state index is -0.351. The maximum atomic E-state index is 12.4. The third-order valence-electron chi connectivity index (χ3n) is 4.83. The van der Waals surface area contributed by atoms with Gasteiger partial charge in [0.2, 0.25) is 24.4 Å². The highest BCUT2D eigenvalue weighted by molar-refractivity contribution is 14.1. The van der Waals surface area contributed by atoms with Crippen molar-refractivity contribution in [2.24, 2.45) is 5.10 Å². The monoisotopic (exact) mass is 545 g/mol. The molecule has 0 spiro atoms. The molecule has 3 heterocycles. The number of ether oxygens (including phenoxy) is 2. The fourth-order valence-electron chi connectivity index (χ4n) is 3.24. The van der Waals surface area contributed by atoms with Gasteiger partial charge in [0, 0.05) is 27.7 Å². The smallest absolute Gasteiger partial charge is 0.274 e. The highest BCUT2D eigenvalue weighted by Crippen LogP contribution is 2.35. The first-order valence-electron chi connectivity index (χ1n) is 9.72. The fourth-order valence-corrected chi connectivity index (χ4v) is 3.60. The Kier molecular flexibility index (Phi) is 5.47. The van der Waals surface area contributed by atoms with Crippen LogP contribution in [0.4, 0.5) is 5.69 Å². The van der Waals surface area contributed by atoms with Gasteiger partial charge in [0.25, 0.3) is 5.89 Å². The molecule has 2 aliphatic rings. The van der Waals surface area contributed by atoms with Crippen molar-refractivity contribution >= 4 is 45.8 Å². The number of nitrogens with one attached hydrogen (secondary N) is 1. The molecule has 11 heteroatoms. The van der Waals surface area contributed by atoms with Crippen LogP contribution in [0.3, 0.4) is 0 Å². The second-order valence-electron chi connectivity index (χ2n) is 7.04. The molecule has 1 N–H and O–H groups in total. The molecule has 0 unspecified atom stereocenters. The molecule has 32 heavy (non-hydrogen) atoms. The first kappa shape index (κ1) is 20.4. The number of rotatable bonds is 5. The summed E-state index contributed by atoms with van der Waals surface area (Å²) in [6.45, 7) is -0.0361. The molecule has 0 aliphatic carbocycles. The lowest BCUT2D eigenvalue weighted by molar-refractivity contribution is -0.135. The summed E-state index contributed by atoms with van der Waals surface area (Å²) < 4.78 is 17.1. The Labute approximate surface area is 195 Å². The van der Waals surface area contributed by atoms with Crippen molar-refractivity contribution < 1.29 is 23.6 Å². The molecule has 2 aromatic carbocycles. The van der Waals surface area contributed by atoms with Gasteiger partial charge in [-0.15, -0.1) is 0 Å². The number of anilines is 1. The van der Waals surface area contributed by atoms with Gasteiger partial charge in [0.05, 0.1) is 0 Å². The van der Waals surface area contributed by atoms with Crippen molar-refractivity contribution in [3.63, 3.8) is 0 Å². The van der Waals surface area contributed by atoms with Crippen LogP contribution >= 0.6 is 22.6 Å². The van der Waals surface area contributed by atoms with E-state index < -0.39 is 0 Å². The number of carbonyl (C=O) groups is 2. The van der Waals surface area contributed by atoms with Crippen molar-refractivity contribution in [1.82, 2.24) is 15.1 Å². The number of benzene rings is 2. The summed E-state index contributed by atoms with van der Waals surface area (Å²) in [7, 11) is 0. The summed E-state index contributed by atoms with van der Waals surface area (Å²) >= 11 is 2.18. The van der Waals surface area contributed by atoms with Crippen LogP contribution < -0.4 is 14.8 Å². The quantitative estimate of drug-likeness (QED) is 0.490. The van der Waals surface area contributed by atoms with Crippen LogP contribution in [-0.2, 0) is 9.59 Å². The number of hydrogen-bond donors (Lipinski definition) is 1. The highest BCUT2D eigenvalue weighted by Gasteiger charge is 2.27. The van der Waals surface area contributed by atoms with Gasteiger partial charge in [-0.1, -0.05) is 5.16 Å². The molecule has 1 aromatic heterocycles. The Balaban J connectivity index is 1.30. The standard InChI is InChI=1S/C21H16IN5O5/c22-13-2-4-14(5-3-13)23-18(28)10-27-19(29)8-6-15(25-27)21-24-20(26-32-21)12-1-7-16-17(9-12)31-11-30-16/h1-5,7,9H,6,8,10-11H2,(H,23,28). The zero-order valence-corrected chi connectivity index (χ0v) is 18.7. The van der Waals surface area contributed by atoms with Crippen LogP contribution in [0.5, 0.6) is 11.5 Å². The number of aromatic nitrogens is 2. The van der Waals surface area contributed by atoms with Crippen LogP contribution in [0.15, 0.2) is 52.1 Å². The molecule has 0 saturated heterocycles. The lowest BCUT2D eigenvalue weighted by Gasteiger charge is -2.21. The minimum absolute atomic E-state index is 0.175. The van der Waals surface area contributed by atoms with E-state index in [4.69, 9.17) is 14.0 Å². The van der Waals surface area contributed by atoms with Crippen LogP contribution in [0, 0.1) is 3.57 Å². The Bertz CT molecular complexity index is 1220. The fraction of sp³-hybridized carbons (Fsp3) is 0.190. The zero-order chi connectivity index (χ0) is 22.1. The van der Waals surface area contributed by atoms with Crippen molar-refractivity contribution in [2.45, 2.75) is 12.8 Å². The van der Waals surface area contributed by atoms with Gasteiger partial charge in [0.1, 0.15) is 12.3 Å². The molecule has 162 valence electrons. The number of carbonyl (C=O) groups excluding carboxylic acids is 2. The first-order valence-corrected chi connectivity index (χ1v) is 10.8. The van der Waals surface area contributed by atoms with E-state index in [2.05, 4.69) is 43.1 Å². The van der Waals surface area contributed by atoms with Crippen molar-refractivity contribution in [1.29, 1.82) is 0 Å². The first-order chi connectivity index (χ1) is 15.5. The van der Waals surface area contributed by atoms with Gasteiger partial charge in [-0.3, -0.25) is 9.59 Å². The van der Waals surface area contributed by atoms with Gasteiger partial charge in [-0.25, -0.2) is 5.01 Å². The van der Waals surface area contributed by atoms with Gasteiger partial charge < -0.3 is 19.3 Å². The van der Waals surface area contributed by atoms with Crippen LogP contribution in [0.2, 0.25) is 0 Å². The van der Waals surface area contributed by atoms with Crippen molar-refractivity contribution in [3.8, 4) is 22.9 Å². The summed E-state index contributed by atoms with van der Waals surface area (Å²) in [5.41, 5.74) is 1.80. The third kappa shape index (κ3) is 4.28. The lowest BCUT2D eigenvalue weighted by atomic mass is 10.1. The molecular weight excluding hydrogens is 529 g/mol. The number of nitrogens with zero attached hydrogens (tertiary/aromatic N) is 4. The van der Waals surface area contributed by atoms with Gasteiger partial charge >= 0.3 is 0 Å². The third-order valence-corrected chi connectivity index (χ3v) is 5.55.